The van der Waals surface area contributed by atoms with Crippen molar-refractivity contribution in [1.29, 1.82) is 0 Å². The van der Waals surface area contributed by atoms with Crippen LogP contribution >= 0.6 is 11.6 Å². The highest BCUT2D eigenvalue weighted by Crippen LogP contribution is 2.18. The Morgan fingerprint density at radius 3 is 2.64 bits per heavy atom. The van der Waals surface area contributed by atoms with Crippen LogP contribution in [0.25, 0.3) is 0 Å². The molecule has 58 valence electrons. The molecule has 0 atom stereocenters. The number of halogens is 1. The Kier molecular flexibility index (Phi) is 2.05. The third kappa shape index (κ3) is 1.46. The Balaban J connectivity index is 3.11. The summed E-state index contributed by atoms with van der Waals surface area (Å²) in [6.45, 7) is 0. The smallest absolute Gasteiger partial charge is 0.287 e. The predicted octanol–water partition coefficient (Wildman–Crippen LogP) is 1.24. The van der Waals surface area contributed by atoms with Gasteiger partial charge in [-0.25, -0.2) is 0 Å². The molecule has 1 aliphatic carbocycles. The number of ketones is 1. The van der Waals surface area contributed by atoms with E-state index in [2.05, 4.69) is 0 Å². The van der Waals surface area contributed by atoms with Crippen LogP contribution in [0.3, 0.4) is 0 Å². The van der Waals surface area contributed by atoms with Gasteiger partial charge in [-0.3, -0.25) is 14.9 Å². The molecule has 0 heterocycles. The van der Waals surface area contributed by atoms with Gasteiger partial charge < -0.3 is 0 Å². The Labute approximate surface area is 67.3 Å². The van der Waals surface area contributed by atoms with E-state index in [9.17, 15) is 14.9 Å². The third-order valence-corrected chi connectivity index (χ3v) is 1.55. The Hall–Kier alpha value is -1.16. The van der Waals surface area contributed by atoms with E-state index in [4.69, 9.17) is 11.6 Å². The quantitative estimate of drug-likeness (QED) is 0.443. The molecule has 0 saturated carbocycles. The molecule has 0 spiro atoms. The molecule has 5 heteroatoms. The van der Waals surface area contributed by atoms with Crippen LogP contribution in [0, 0.1) is 10.1 Å². The van der Waals surface area contributed by atoms with Gasteiger partial charge in [-0.2, -0.15) is 0 Å². The molecule has 0 saturated heterocycles. The molecule has 1 aliphatic rings. The SMILES string of the molecule is O=C1CC=CC(Cl)=C1[N+](=O)[O-]. The summed E-state index contributed by atoms with van der Waals surface area (Å²) in [5.41, 5.74) is -0.505. The maximum Gasteiger partial charge on any atom is 0.330 e. The van der Waals surface area contributed by atoms with E-state index in [0.717, 1.165) is 0 Å². The van der Waals surface area contributed by atoms with Crippen LogP contribution in [-0.4, -0.2) is 10.7 Å². The van der Waals surface area contributed by atoms with Crippen molar-refractivity contribution in [3.63, 3.8) is 0 Å². The lowest BCUT2D eigenvalue weighted by Gasteiger charge is -2.00. The summed E-state index contributed by atoms with van der Waals surface area (Å²) >= 11 is 5.40. The zero-order chi connectivity index (χ0) is 8.43. The van der Waals surface area contributed by atoms with Gasteiger partial charge in [0.05, 0.1) is 4.92 Å². The van der Waals surface area contributed by atoms with E-state index in [1.54, 1.807) is 0 Å². The summed E-state index contributed by atoms with van der Waals surface area (Å²) in [7, 11) is 0. The molecule has 11 heavy (non-hydrogen) atoms. The van der Waals surface area contributed by atoms with Gasteiger partial charge in [0, 0.05) is 6.42 Å². The van der Waals surface area contributed by atoms with E-state index >= 15 is 0 Å². The zero-order valence-electron chi connectivity index (χ0n) is 5.41. The van der Waals surface area contributed by atoms with Gasteiger partial charge in [0.1, 0.15) is 5.03 Å². The first kappa shape index (κ1) is 7.94. The van der Waals surface area contributed by atoms with Gasteiger partial charge in [-0.05, 0) is 6.08 Å². The molecule has 0 N–H and O–H groups in total. The zero-order valence-corrected chi connectivity index (χ0v) is 6.17. The molecule has 0 fully saturated rings. The number of allylic oxidation sites excluding steroid dienone is 4. The summed E-state index contributed by atoms with van der Waals surface area (Å²) in [5, 5.41) is 10.1. The number of carbonyl (C=O) groups is 1. The number of nitrogens with zero attached hydrogens (tertiary/aromatic N) is 1. The number of hydrogen-bond acceptors (Lipinski definition) is 3. The van der Waals surface area contributed by atoms with E-state index in [1.165, 1.54) is 12.2 Å². The lowest BCUT2D eigenvalue weighted by molar-refractivity contribution is -0.419. The Morgan fingerprint density at radius 2 is 2.27 bits per heavy atom. The Morgan fingerprint density at radius 1 is 1.64 bits per heavy atom. The van der Waals surface area contributed by atoms with Crippen molar-refractivity contribution in [3.05, 3.63) is 33.0 Å². The first-order chi connectivity index (χ1) is 5.13. The minimum absolute atomic E-state index is 0.0620. The fourth-order valence-electron chi connectivity index (χ4n) is 0.767. The summed E-state index contributed by atoms with van der Waals surface area (Å²) in [6.07, 6.45) is 2.92. The molecule has 0 aromatic heterocycles. The summed E-state index contributed by atoms with van der Waals surface area (Å²) in [6, 6.07) is 0. The van der Waals surface area contributed by atoms with Crippen molar-refractivity contribution in [1.82, 2.24) is 0 Å². The highest BCUT2D eigenvalue weighted by atomic mass is 35.5. The summed E-state index contributed by atoms with van der Waals surface area (Å²) in [4.78, 5) is 20.2. The fourth-order valence-corrected chi connectivity index (χ4v) is 1.03. The number of carbonyl (C=O) groups excluding carboxylic acids is 1. The molecule has 4 nitrogen and oxygen atoms in total. The number of rotatable bonds is 1. The molecule has 0 amide bonds. The molecule has 0 aliphatic heterocycles. The lowest BCUT2D eigenvalue weighted by Crippen LogP contribution is -2.13. The maximum atomic E-state index is 10.8. The van der Waals surface area contributed by atoms with Crippen molar-refractivity contribution >= 4 is 17.4 Å². The van der Waals surface area contributed by atoms with Crippen molar-refractivity contribution in [2.24, 2.45) is 0 Å². The molecule has 1 rings (SSSR count). The summed E-state index contributed by atoms with van der Waals surface area (Å²) in [5.74, 6) is -0.539. The highest BCUT2D eigenvalue weighted by molar-refractivity contribution is 6.33. The molecule has 0 aromatic carbocycles. The highest BCUT2D eigenvalue weighted by Gasteiger charge is 2.26. The van der Waals surface area contributed by atoms with Crippen molar-refractivity contribution in [3.8, 4) is 0 Å². The average Bonchev–Trinajstić information content (AvgIpc) is 1.85. The van der Waals surface area contributed by atoms with Gasteiger partial charge >= 0.3 is 5.70 Å². The van der Waals surface area contributed by atoms with Gasteiger partial charge in [-0.1, -0.05) is 17.7 Å². The predicted molar refractivity (Wildman–Crippen MR) is 38.6 cm³/mol. The molecule has 0 bridgehead atoms. The van der Waals surface area contributed by atoms with Crippen LogP contribution in [0.2, 0.25) is 0 Å². The van der Waals surface area contributed by atoms with Crippen LogP contribution in [0.1, 0.15) is 6.42 Å². The van der Waals surface area contributed by atoms with Crippen molar-refractivity contribution < 1.29 is 9.72 Å². The molecule has 0 aromatic rings. The first-order valence-corrected chi connectivity index (χ1v) is 3.24. The van der Waals surface area contributed by atoms with Crippen LogP contribution < -0.4 is 0 Å². The second-order valence-corrected chi connectivity index (χ2v) is 2.39. The molecule has 0 radical (unpaired) electrons. The van der Waals surface area contributed by atoms with E-state index < -0.39 is 16.4 Å². The maximum absolute atomic E-state index is 10.8. The molecule has 0 unspecified atom stereocenters. The second kappa shape index (κ2) is 2.84. The number of Topliss-reactive ketones (excluding diaryl/α,β-unsaturated/α-hetero) is 1. The minimum Gasteiger partial charge on any atom is -0.287 e. The monoisotopic (exact) mass is 173 g/mol. The standard InChI is InChI=1S/C6H4ClNO3/c7-4-2-1-3-5(9)6(4)8(10)11/h1-2H,3H2. The van der Waals surface area contributed by atoms with Crippen molar-refractivity contribution in [2.75, 3.05) is 0 Å². The number of hydrogen-bond donors (Lipinski definition) is 0. The van der Waals surface area contributed by atoms with E-state index in [-0.39, 0.29) is 11.5 Å². The van der Waals surface area contributed by atoms with Crippen LogP contribution in [0.5, 0.6) is 0 Å². The van der Waals surface area contributed by atoms with Gasteiger partial charge in [0.15, 0.2) is 0 Å². The van der Waals surface area contributed by atoms with Crippen LogP contribution in [0.4, 0.5) is 0 Å². The van der Waals surface area contributed by atoms with Gasteiger partial charge in [0.25, 0.3) is 0 Å². The second-order valence-electron chi connectivity index (χ2n) is 1.98. The largest absolute Gasteiger partial charge is 0.330 e. The van der Waals surface area contributed by atoms with Crippen LogP contribution in [-0.2, 0) is 4.79 Å². The van der Waals surface area contributed by atoms with Gasteiger partial charge in [0.2, 0.25) is 5.78 Å². The number of nitro groups is 1. The average molecular weight is 174 g/mol. The first-order valence-electron chi connectivity index (χ1n) is 2.87. The summed E-state index contributed by atoms with van der Waals surface area (Å²) < 4.78 is 0. The van der Waals surface area contributed by atoms with Crippen LogP contribution in [0.15, 0.2) is 22.9 Å². The minimum atomic E-state index is -0.756. The third-order valence-electron chi connectivity index (χ3n) is 1.24. The van der Waals surface area contributed by atoms with E-state index in [0.29, 0.717) is 0 Å². The topological polar surface area (TPSA) is 60.2 Å². The Bertz CT molecular complexity index is 280. The van der Waals surface area contributed by atoms with Crippen molar-refractivity contribution in [2.45, 2.75) is 6.42 Å². The van der Waals surface area contributed by atoms with E-state index in [1.807, 2.05) is 0 Å². The lowest BCUT2D eigenvalue weighted by atomic mass is 10.1. The normalized spacial score (nSPS) is 17.4. The van der Waals surface area contributed by atoms with Gasteiger partial charge in [-0.15, -0.1) is 0 Å². The molecular weight excluding hydrogens is 170 g/mol. The fraction of sp³-hybridized carbons (Fsp3) is 0.167. The molecular formula is C6H4ClNO3.